The predicted molar refractivity (Wildman–Crippen MR) is 201 cm³/mol. The summed E-state index contributed by atoms with van der Waals surface area (Å²) in [5, 5.41) is 9.40. The number of nitrogens with zero attached hydrogens (tertiary/aromatic N) is 1. The molecule has 1 heterocycles. The maximum atomic E-state index is 9.30. The minimum Gasteiger partial charge on any atom is -0.356 e. The van der Waals surface area contributed by atoms with Crippen LogP contribution in [0.5, 0.6) is 0 Å². The van der Waals surface area contributed by atoms with Gasteiger partial charge in [0, 0.05) is 39.2 Å². The lowest BCUT2D eigenvalue weighted by Crippen LogP contribution is -1.95. The van der Waals surface area contributed by atoms with Crippen LogP contribution in [0, 0.1) is 0 Å². The summed E-state index contributed by atoms with van der Waals surface area (Å²) in [6.07, 6.45) is 4.27. The standard InChI is InChI=1S/C44H33N3/c1-3-11-35(12-4-1)45-37-26-20-32(21-27-37)19-22-33-23-28-38(46-36-13-5-2-6-14-36)31-42(33)34-24-29-39(30-25-34)47-43-17-9-7-15-40(43)41-16-8-10-18-44(41)47/h1-31,45-46H/i24D. The normalized spacial score (nSPS) is 11.6. The Morgan fingerprint density at radius 2 is 1.02 bits per heavy atom. The van der Waals surface area contributed by atoms with Crippen molar-refractivity contribution in [3.63, 3.8) is 0 Å². The third-order valence-corrected chi connectivity index (χ3v) is 8.47. The van der Waals surface area contributed by atoms with E-state index in [4.69, 9.17) is 0 Å². The maximum absolute atomic E-state index is 9.30. The van der Waals surface area contributed by atoms with Crippen LogP contribution in [0.15, 0.2) is 176 Å². The molecule has 0 saturated carbocycles. The molecule has 0 bridgehead atoms. The third-order valence-electron chi connectivity index (χ3n) is 8.47. The number of para-hydroxylation sites is 4. The molecule has 224 valence electrons. The van der Waals surface area contributed by atoms with E-state index in [0.29, 0.717) is 6.04 Å². The lowest BCUT2D eigenvalue weighted by molar-refractivity contribution is 1.18. The topological polar surface area (TPSA) is 29.0 Å². The van der Waals surface area contributed by atoms with Gasteiger partial charge in [-0.05, 0) is 95.1 Å². The van der Waals surface area contributed by atoms with Crippen LogP contribution in [0.4, 0.5) is 22.7 Å². The van der Waals surface area contributed by atoms with Gasteiger partial charge in [-0.25, -0.2) is 0 Å². The van der Waals surface area contributed by atoms with Crippen molar-refractivity contribution >= 4 is 56.7 Å². The molecule has 1 aromatic heterocycles. The molecule has 0 saturated heterocycles. The molecule has 0 aliphatic heterocycles. The van der Waals surface area contributed by atoms with Crippen LogP contribution in [0.25, 0.3) is 50.8 Å². The first-order chi connectivity index (χ1) is 23.7. The number of fused-ring (bicyclic) bond motifs is 3. The van der Waals surface area contributed by atoms with Crippen LogP contribution in [0.1, 0.15) is 12.5 Å². The first-order valence-corrected chi connectivity index (χ1v) is 15.9. The summed E-state index contributed by atoms with van der Waals surface area (Å²) in [5.74, 6) is 0. The maximum Gasteiger partial charge on any atom is 0.0630 e. The average molecular weight is 605 g/mol. The summed E-state index contributed by atoms with van der Waals surface area (Å²) in [4.78, 5) is 0. The van der Waals surface area contributed by atoms with Crippen molar-refractivity contribution in [1.29, 1.82) is 0 Å². The first-order valence-electron chi connectivity index (χ1n) is 16.4. The molecule has 7 aromatic carbocycles. The van der Waals surface area contributed by atoms with Crippen molar-refractivity contribution in [3.8, 4) is 16.8 Å². The van der Waals surface area contributed by atoms with E-state index in [9.17, 15) is 1.37 Å². The average Bonchev–Trinajstić information content (AvgIpc) is 3.47. The van der Waals surface area contributed by atoms with Crippen LogP contribution in [0.3, 0.4) is 0 Å². The van der Waals surface area contributed by atoms with Crippen LogP contribution >= 0.6 is 0 Å². The number of anilines is 4. The summed E-state index contributed by atoms with van der Waals surface area (Å²) in [5.41, 5.74) is 11.3. The SMILES string of the molecule is [2H]c1cc(-n2c3ccccc3c3ccccc32)ccc1-c1cc(Nc2ccccc2)ccc1C=Cc1ccc(Nc2ccccc2)cc1. The van der Waals surface area contributed by atoms with Gasteiger partial charge in [0.2, 0.25) is 0 Å². The third kappa shape index (κ3) is 5.90. The summed E-state index contributed by atoms with van der Waals surface area (Å²) in [7, 11) is 0. The highest BCUT2D eigenvalue weighted by Crippen LogP contribution is 2.34. The molecule has 0 fully saturated rings. The summed E-state index contributed by atoms with van der Waals surface area (Å²) in [6, 6.07) is 58.8. The van der Waals surface area contributed by atoms with Gasteiger partial charge in [-0.3, -0.25) is 0 Å². The van der Waals surface area contributed by atoms with Gasteiger partial charge in [-0.2, -0.15) is 0 Å². The highest BCUT2D eigenvalue weighted by molar-refractivity contribution is 6.09. The van der Waals surface area contributed by atoms with Crippen LogP contribution in [0.2, 0.25) is 0 Å². The van der Waals surface area contributed by atoms with E-state index in [-0.39, 0.29) is 0 Å². The summed E-state index contributed by atoms with van der Waals surface area (Å²) < 4.78 is 11.6. The van der Waals surface area contributed by atoms with Crippen LogP contribution in [-0.4, -0.2) is 4.57 Å². The van der Waals surface area contributed by atoms with E-state index in [2.05, 4.69) is 155 Å². The van der Waals surface area contributed by atoms with Crippen molar-refractivity contribution < 1.29 is 1.37 Å². The second-order valence-electron chi connectivity index (χ2n) is 11.6. The lowest BCUT2D eigenvalue weighted by atomic mass is 9.97. The monoisotopic (exact) mass is 604 g/mol. The minimum absolute atomic E-state index is 0.470. The number of nitrogens with one attached hydrogen (secondary N) is 2. The summed E-state index contributed by atoms with van der Waals surface area (Å²) >= 11 is 0. The van der Waals surface area contributed by atoms with Gasteiger partial charge in [-0.1, -0.05) is 115 Å². The van der Waals surface area contributed by atoms with Gasteiger partial charge >= 0.3 is 0 Å². The van der Waals surface area contributed by atoms with E-state index < -0.39 is 0 Å². The van der Waals surface area contributed by atoms with E-state index >= 15 is 0 Å². The molecule has 0 aliphatic rings. The zero-order valence-electron chi connectivity index (χ0n) is 26.8. The van der Waals surface area contributed by atoms with Crippen molar-refractivity contribution in [3.05, 3.63) is 187 Å². The summed E-state index contributed by atoms with van der Waals surface area (Å²) in [6.45, 7) is 0. The Bertz CT molecular complexity index is 2340. The highest BCUT2D eigenvalue weighted by Gasteiger charge is 2.12. The fraction of sp³-hybridized carbons (Fsp3) is 0. The molecule has 3 heteroatoms. The Labute approximate surface area is 276 Å². The van der Waals surface area contributed by atoms with Gasteiger partial charge < -0.3 is 15.2 Å². The smallest absolute Gasteiger partial charge is 0.0630 e. The van der Waals surface area contributed by atoms with Crippen LogP contribution in [-0.2, 0) is 0 Å². The van der Waals surface area contributed by atoms with E-state index in [1.54, 1.807) is 0 Å². The number of hydrogen-bond donors (Lipinski definition) is 2. The second kappa shape index (κ2) is 12.6. The second-order valence-corrected chi connectivity index (χ2v) is 11.6. The molecular weight excluding hydrogens is 571 g/mol. The van der Waals surface area contributed by atoms with Crippen LogP contribution < -0.4 is 10.6 Å². The molecule has 0 spiro atoms. The quantitative estimate of drug-likeness (QED) is 0.169. The highest BCUT2D eigenvalue weighted by atomic mass is 15.0. The molecule has 0 amide bonds. The zero-order valence-corrected chi connectivity index (χ0v) is 25.8. The van der Waals surface area contributed by atoms with Crippen molar-refractivity contribution in [2.45, 2.75) is 0 Å². The number of rotatable bonds is 8. The first kappa shape index (κ1) is 27.0. The fourth-order valence-electron chi connectivity index (χ4n) is 6.18. The van der Waals surface area contributed by atoms with Crippen molar-refractivity contribution in [2.24, 2.45) is 0 Å². The Morgan fingerprint density at radius 3 is 1.66 bits per heavy atom. The van der Waals surface area contributed by atoms with Gasteiger partial charge in [0.1, 0.15) is 0 Å². The Hall–Kier alpha value is -6.32. The van der Waals surface area contributed by atoms with E-state index in [1.807, 2.05) is 42.5 Å². The molecule has 2 N–H and O–H groups in total. The number of hydrogen-bond acceptors (Lipinski definition) is 2. The number of aromatic nitrogens is 1. The Kier molecular flexibility index (Phi) is 7.24. The number of benzene rings is 7. The van der Waals surface area contributed by atoms with Gasteiger partial charge in [0.25, 0.3) is 0 Å². The van der Waals surface area contributed by atoms with Gasteiger partial charge in [0.15, 0.2) is 0 Å². The van der Waals surface area contributed by atoms with E-state index in [1.165, 1.54) is 10.8 Å². The molecule has 0 aliphatic carbocycles. The lowest BCUT2D eigenvalue weighted by Gasteiger charge is -2.14. The molecule has 0 radical (unpaired) electrons. The molecule has 0 unspecified atom stereocenters. The molecule has 8 rings (SSSR count). The molecular formula is C44H33N3. The largest absolute Gasteiger partial charge is 0.356 e. The van der Waals surface area contributed by atoms with E-state index in [0.717, 1.165) is 61.7 Å². The zero-order chi connectivity index (χ0) is 32.3. The van der Waals surface area contributed by atoms with Gasteiger partial charge in [0.05, 0.1) is 12.4 Å². The Morgan fingerprint density at radius 1 is 0.468 bits per heavy atom. The molecule has 47 heavy (non-hydrogen) atoms. The fourth-order valence-corrected chi connectivity index (χ4v) is 6.18. The minimum atomic E-state index is 0.470. The molecule has 3 nitrogen and oxygen atoms in total. The molecule has 8 aromatic rings. The molecule has 0 atom stereocenters. The predicted octanol–water partition coefficient (Wildman–Crippen LogP) is 12.1. The van der Waals surface area contributed by atoms with Crippen molar-refractivity contribution in [1.82, 2.24) is 4.57 Å². The Balaban J connectivity index is 1.16. The van der Waals surface area contributed by atoms with Crippen molar-refractivity contribution in [2.75, 3.05) is 10.6 Å². The van der Waals surface area contributed by atoms with Gasteiger partial charge in [-0.15, -0.1) is 0 Å².